The minimum Gasteiger partial charge on any atom is -0.421 e. The monoisotopic (exact) mass is 296 g/mol. The number of hydrogen-bond donors (Lipinski definition) is 0. The highest BCUT2D eigenvalue weighted by Crippen LogP contribution is 2.21. The summed E-state index contributed by atoms with van der Waals surface area (Å²) in [6.45, 7) is 2.71. The summed E-state index contributed by atoms with van der Waals surface area (Å²) >= 11 is 5.92. The molecule has 2 aromatic heterocycles. The Morgan fingerprint density at radius 1 is 1.25 bits per heavy atom. The summed E-state index contributed by atoms with van der Waals surface area (Å²) in [5.74, 6) is 1.04. The van der Waals surface area contributed by atoms with Crippen LogP contribution in [0.15, 0.2) is 12.4 Å². The van der Waals surface area contributed by atoms with Crippen LogP contribution < -0.4 is 9.64 Å². The van der Waals surface area contributed by atoms with E-state index < -0.39 is 0 Å². The van der Waals surface area contributed by atoms with E-state index in [9.17, 15) is 0 Å². The molecule has 0 radical (unpaired) electrons. The van der Waals surface area contributed by atoms with E-state index in [-0.39, 0.29) is 11.3 Å². The van der Waals surface area contributed by atoms with Crippen molar-refractivity contribution in [2.24, 2.45) is 7.05 Å². The van der Waals surface area contributed by atoms with Crippen molar-refractivity contribution in [2.75, 3.05) is 31.2 Å². The maximum Gasteiger partial charge on any atom is 0.328 e. The highest BCUT2D eigenvalue weighted by molar-refractivity contribution is 6.28. The summed E-state index contributed by atoms with van der Waals surface area (Å²) in [6, 6.07) is 0.152. The van der Waals surface area contributed by atoms with Crippen LogP contribution in [0.4, 0.5) is 5.95 Å². The molecule has 3 heterocycles. The first-order chi connectivity index (χ1) is 9.70. The number of halogens is 1. The van der Waals surface area contributed by atoms with E-state index in [1.165, 1.54) is 0 Å². The first kappa shape index (κ1) is 13.1. The first-order valence-electron chi connectivity index (χ1n) is 6.11. The molecule has 1 aliphatic heterocycles. The summed E-state index contributed by atoms with van der Waals surface area (Å²) in [6.07, 6.45) is 3.29. The van der Waals surface area contributed by atoms with Crippen molar-refractivity contribution in [3.8, 4) is 11.8 Å². The van der Waals surface area contributed by atoms with Gasteiger partial charge >= 0.3 is 6.01 Å². The molecule has 1 saturated heterocycles. The Balaban J connectivity index is 1.82. The molecule has 0 N–H and O–H groups in total. The molecule has 0 amide bonds. The number of aromatic nitrogens is 5. The Kier molecular flexibility index (Phi) is 3.66. The minimum absolute atomic E-state index is 0.0976. The zero-order valence-electron chi connectivity index (χ0n) is 10.9. The van der Waals surface area contributed by atoms with E-state index in [4.69, 9.17) is 21.1 Å². The van der Waals surface area contributed by atoms with Crippen molar-refractivity contribution in [1.29, 1.82) is 0 Å². The average Bonchev–Trinajstić information content (AvgIpc) is 2.84. The fourth-order valence-corrected chi connectivity index (χ4v) is 1.98. The molecule has 0 unspecified atom stereocenters. The Morgan fingerprint density at radius 3 is 2.75 bits per heavy atom. The first-order valence-corrected chi connectivity index (χ1v) is 6.49. The Hall–Kier alpha value is -1.93. The van der Waals surface area contributed by atoms with Gasteiger partial charge in [-0.15, -0.1) is 0 Å². The summed E-state index contributed by atoms with van der Waals surface area (Å²) in [7, 11) is 1.80. The molecule has 1 aliphatic rings. The molecular weight excluding hydrogens is 284 g/mol. The number of rotatable bonds is 3. The minimum atomic E-state index is 0.0976. The molecule has 8 nitrogen and oxygen atoms in total. The fraction of sp³-hybridized carbons (Fsp3) is 0.455. The highest BCUT2D eigenvalue weighted by atomic mass is 35.5. The second-order valence-corrected chi connectivity index (χ2v) is 4.58. The lowest BCUT2D eigenvalue weighted by molar-refractivity contribution is 0.122. The van der Waals surface area contributed by atoms with Gasteiger partial charge in [0.1, 0.15) is 0 Å². The van der Waals surface area contributed by atoms with E-state index in [0.29, 0.717) is 38.0 Å². The summed E-state index contributed by atoms with van der Waals surface area (Å²) in [5.41, 5.74) is 0. The molecule has 0 spiro atoms. The van der Waals surface area contributed by atoms with Crippen molar-refractivity contribution < 1.29 is 9.47 Å². The third-order valence-electron chi connectivity index (χ3n) is 2.76. The molecule has 2 aromatic rings. The Labute approximate surface area is 120 Å². The van der Waals surface area contributed by atoms with Gasteiger partial charge in [0.05, 0.1) is 25.6 Å². The predicted octanol–water partition coefficient (Wildman–Crippen LogP) is 0.887. The lowest BCUT2D eigenvalue weighted by Gasteiger charge is -2.26. The third-order valence-corrected chi connectivity index (χ3v) is 2.93. The third kappa shape index (κ3) is 2.97. The average molecular weight is 297 g/mol. The van der Waals surface area contributed by atoms with Crippen LogP contribution in [-0.4, -0.2) is 51.0 Å². The van der Waals surface area contributed by atoms with Gasteiger partial charge in [-0.3, -0.25) is 4.68 Å². The molecule has 106 valence electrons. The van der Waals surface area contributed by atoms with Crippen LogP contribution in [0.25, 0.3) is 0 Å². The quantitative estimate of drug-likeness (QED) is 0.832. The van der Waals surface area contributed by atoms with Crippen LogP contribution in [0.2, 0.25) is 5.28 Å². The summed E-state index contributed by atoms with van der Waals surface area (Å²) < 4.78 is 12.4. The zero-order valence-corrected chi connectivity index (χ0v) is 11.6. The molecule has 3 rings (SSSR count). The van der Waals surface area contributed by atoms with Crippen LogP contribution in [0.5, 0.6) is 11.8 Å². The highest BCUT2D eigenvalue weighted by Gasteiger charge is 2.17. The van der Waals surface area contributed by atoms with Gasteiger partial charge in [-0.05, 0) is 11.6 Å². The van der Waals surface area contributed by atoms with Crippen molar-refractivity contribution in [1.82, 2.24) is 24.7 Å². The van der Waals surface area contributed by atoms with E-state index in [1.54, 1.807) is 24.1 Å². The number of anilines is 1. The standard InChI is InChI=1S/C11H13ClN6O2/c1-17-7-8(6-13-17)20-11-15-9(12)14-10(16-11)18-2-4-19-5-3-18/h6-7H,2-5H2,1H3. The molecule has 0 bridgehead atoms. The normalized spacial score (nSPS) is 15.4. The SMILES string of the molecule is Cn1cc(Oc2nc(Cl)nc(N3CCOCC3)n2)cn1. The fourth-order valence-electron chi connectivity index (χ4n) is 1.83. The van der Waals surface area contributed by atoms with Crippen LogP contribution >= 0.6 is 11.6 Å². The van der Waals surface area contributed by atoms with Crippen molar-refractivity contribution in [3.63, 3.8) is 0 Å². The second-order valence-electron chi connectivity index (χ2n) is 4.24. The van der Waals surface area contributed by atoms with E-state index in [1.807, 2.05) is 4.90 Å². The molecule has 0 aromatic carbocycles. The molecule has 9 heteroatoms. The number of aryl methyl sites for hydroxylation is 1. The molecule has 0 saturated carbocycles. The van der Waals surface area contributed by atoms with E-state index in [2.05, 4.69) is 20.1 Å². The number of morpholine rings is 1. The number of ether oxygens (including phenoxy) is 2. The molecule has 20 heavy (non-hydrogen) atoms. The van der Waals surface area contributed by atoms with Crippen LogP contribution in [0, 0.1) is 0 Å². The Morgan fingerprint density at radius 2 is 2.05 bits per heavy atom. The zero-order chi connectivity index (χ0) is 13.9. The van der Waals surface area contributed by atoms with Crippen LogP contribution in [-0.2, 0) is 11.8 Å². The summed E-state index contributed by atoms with van der Waals surface area (Å²) in [4.78, 5) is 14.3. The van der Waals surface area contributed by atoms with Gasteiger partial charge in [-0.2, -0.15) is 20.1 Å². The van der Waals surface area contributed by atoms with Crippen molar-refractivity contribution >= 4 is 17.5 Å². The lowest BCUT2D eigenvalue weighted by Crippen LogP contribution is -2.37. The molecule has 0 aliphatic carbocycles. The second kappa shape index (κ2) is 5.59. The lowest BCUT2D eigenvalue weighted by atomic mass is 10.4. The topological polar surface area (TPSA) is 78.2 Å². The van der Waals surface area contributed by atoms with Crippen molar-refractivity contribution in [2.45, 2.75) is 0 Å². The molecular formula is C11H13ClN6O2. The van der Waals surface area contributed by atoms with Crippen LogP contribution in [0.1, 0.15) is 0 Å². The predicted molar refractivity (Wildman–Crippen MR) is 71.2 cm³/mol. The molecule has 0 atom stereocenters. The van der Waals surface area contributed by atoms with E-state index in [0.717, 1.165) is 0 Å². The Bertz CT molecular complexity index is 598. The van der Waals surface area contributed by atoms with Gasteiger partial charge in [-0.1, -0.05) is 0 Å². The number of nitrogens with zero attached hydrogens (tertiary/aromatic N) is 6. The van der Waals surface area contributed by atoms with Gasteiger partial charge in [0, 0.05) is 20.1 Å². The summed E-state index contributed by atoms with van der Waals surface area (Å²) in [5, 5.41) is 4.11. The maximum atomic E-state index is 5.92. The molecule has 1 fully saturated rings. The van der Waals surface area contributed by atoms with Crippen LogP contribution in [0.3, 0.4) is 0 Å². The number of hydrogen-bond acceptors (Lipinski definition) is 7. The van der Waals surface area contributed by atoms with Crippen molar-refractivity contribution in [3.05, 3.63) is 17.7 Å². The van der Waals surface area contributed by atoms with Gasteiger partial charge in [0.15, 0.2) is 5.75 Å². The maximum absolute atomic E-state index is 5.92. The smallest absolute Gasteiger partial charge is 0.328 e. The van der Waals surface area contributed by atoms with Gasteiger partial charge < -0.3 is 14.4 Å². The van der Waals surface area contributed by atoms with Gasteiger partial charge in [0.25, 0.3) is 0 Å². The van der Waals surface area contributed by atoms with Gasteiger partial charge in [-0.25, -0.2) is 0 Å². The van der Waals surface area contributed by atoms with Gasteiger partial charge in [0.2, 0.25) is 11.2 Å². The van der Waals surface area contributed by atoms with E-state index >= 15 is 0 Å². The largest absolute Gasteiger partial charge is 0.421 e.